The summed E-state index contributed by atoms with van der Waals surface area (Å²) in [5.41, 5.74) is 0.751. The summed E-state index contributed by atoms with van der Waals surface area (Å²) in [5.74, 6) is 2.21. The third kappa shape index (κ3) is 3.27. The second-order valence-corrected chi connectivity index (χ2v) is 8.39. The first-order valence-electron chi connectivity index (χ1n) is 6.65. The van der Waals surface area contributed by atoms with Gasteiger partial charge >= 0.3 is 0 Å². The number of rotatable bonds is 4. The lowest BCUT2D eigenvalue weighted by Gasteiger charge is -2.35. The second kappa shape index (κ2) is 6.32. The Kier molecular flexibility index (Phi) is 4.93. The standard InChI is InChI=1S/C13H20N2O3S2/c1-3-20(17,18)13-9-19-7-6-15(13)12-8-11(10(2)16)4-5-14-12/h4-5,8,10,13,16H,3,6-7,9H2,1-2H3/t10-,13?/m0/s1. The molecule has 2 heterocycles. The molecule has 0 amide bonds. The highest BCUT2D eigenvalue weighted by molar-refractivity contribution is 8.01. The van der Waals surface area contributed by atoms with Crippen molar-refractivity contribution in [1.29, 1.82) is 0 Å². The smallest absolute Gasteiger partial charge is 0.171 e. The van der Waals surface area contributed by atoms with Crippen molar-refractivity contribution in [1.82, 2.24) is 4.98 Å². The molecule has 2 atom stereocenters. The zero-order chi connectivity index (χ0) is 14.8. The van der Waals surface area contributed by atoms with Crippen LogP contribution in [0.5, 0.6) is 0 Å². The summed E-state index contributed by atoms with van der Waals surface area (Å²) in [6.45, 7) is 4.02. The molecule has 0 aliphatic carbocycles. The Morgan fingerprint density at radius 1 is 1.60 bits per heavy atom. The average molecular weight is 316 g/mol. The van der Waals surface area contributed by atoms with E-state index in [2.05, 4.69) is 4.98 Å². The molecule has 0 bridgehead atoms. The van der Waals surface area contributed by atoms with Gasteiger partial charge < -0.3 is 10.0 Å². The molecule has 1 unspecified atom stereocenters. The Morgan fingerprint density at radius 3 is 3.00 bits per heavy atom. The first-order chi connectivity index (χ1) is 9.45. The summed E-state index contributed by atoms with van der Waals surface area (Å²) in [6, 6.07) is 3.52. The maximum atomic E-state index is 12.2. The highest BCUT2D eigenvalue weighted by atomic mass is 32.2. The summed E-state index contributed by atoms with van der Waals surface area (Å²) < 4.78 is 24.4. The van der Waals surface area contributed by atoms with Crippen molar-refractivity contribution in [2.45, 2.75) is 25.3 Å². The number of hydrogen-bond donors (Lipinski definition) is 1. The van der Waals surface area contributed by atoms with E-state index in [0.29, 0.717) is 18.1 Å². The molecule has 1 aromatic heterocycles. The van der Waals surface area contributed by atoms with Crippen LogP contribution in [0.3, 0.4) is 0 Å². The molecule has 20 heavy (non-hydrogen) atoms. The van der Waals surface area contributed by atoms with E-state index < -0.39 is 21.3 Å². The van der Waals surface area contributed by atoms with Crippen molar-refractivity contribution in [3.8, 4) is 0 Å². The van der Waals surface area contributed by atoms with E-state index in [4.69, 9.17) is 0 Å². The summed E-state index contributed by atoms with van der Waals surface area (Å²) >= 11 is 1.66. The predicted molar refractivity (Wildman–Crippen MR) is 82.8 cm³/mol. The lowest BCUT2D eigenvalue weighted by Crippen LogP contribution is -2.48. The molecule has 1 saturated heterocycles. The van der Waals surface area contributed by atoms with E-state index in [0.717, 1.165) is 11.3 Å². The van der Waals surface area contributed by atoms with Crippen molar-refractivity contribution in [3.63, 3.8) is 0 Å². The molecular weight excluding hydrogens is 296 g/mol. The van der Waals surface area contributed by atoms with E-state index in [9.17, 15) is 13.5 Å². The monoisotopic (exact) mass is 316 g/mol. The molecule has 112 valence electrons. The number of aliphatic hydroxyl groups excluding tert-OH is 1. The highest BCUT2D eigenvalue weighted by Gasteiger charge is 2.33. The van der Waals surface area contributed by atoms with Gasteiger partial charge in [0.05, 0.1) is 6.10 Å². The van der Waals surface area contributed by atoms with E-state index in [1.807, 2.05) is 4.90 Å². The van der Waals surface area contributed by atoms with Crippen molar-refractivity contribution in [2.24, 2.45) is 0 Å². The fourth-order valence-corrected chi connectivity index (χ4v) is 5.16. The van der Waals surface area contributed by atoms with E-state index in [1.54, 1.807) is 43.9 Å². The minimum absolute atomic E-state index is 0.130. The summed E-state index contributed by atoms with van der Waals surface area (Å²) in [6.07, 6.45) is 1.03. The Labute approximate surface area is 124 Å². The molecule has 7 heteroatoms. The molecule has 1 fully saturated rings. The topological polar surface area (TPSA) is 70.5 Å². The lowest BCUT2D eigenvalue weighted by atomic mass is 10.1. The number of pyridine rings is 1. The van der Waals surface area contributed by atoms with Gasteiger partial charge in [-0.3, -0.25) is 0 Å². The molecule has 2 rings (SSSR count). The molecule has 0 radical (unpaired) electrons. The van der Waals surface area contributed by atoms with Gasteiger partial charge in [-0.15, -0.1) is 0 Å². The molecule has 1 aliphatic rings. The van der Waals surface area contributed by atoms with Crippen LogP contribution in [0.4, 0.5) is 5.82 Å². The fraction of sp³-hybridized carbons (Fsp3) is 0.615. The number of sulfone groups is 1. The molecule has 1 aromatic rings. The van der Waals surface area contributed by atoms with E-state index in [1.165, 1.54) is 0 Å². The Bertz CT molecular complexity index is 560. The molecule has 0 saturated carbocycles. The zero-order valence-corrected chi connectivity index (χ0v) is 13.3. The fourth-order valence-electron chi connectivity index (χ4n) is 2.18. The molecule has 0 spiro atoms. The minimum Gasteiger partial charge on any atom is -0.389 e. The molecule has 1 N–H and O–H groups in total. The van der Waals surface area contributed by atoms with Gasteiger partial charge in [-0.05, 0) is 24.6 Å². The molecular formula is C13H20N2O3S2. The van der Waals surface area contributed by atoms with E-state index >= 15 is 0 Å². The van der Waals surface area contributed by atoms with Crippen LogP contribution >= 0.6 is 11.8 Å². The number of aliphatic hydroxyl groups is 1. The Balaban J connectivity index is 2.35. The molecule has 0 aromatic carbocycles. The first-order valence-corrected chi connectivity index (χ1v) is 9.52. The van der Waals surface area contributed by atoms with Gasteiger partial charge in [-0.1, -0.05) is 6.92 Å². The van der Waals surface area contributed by atoms with Crippen LogP contribution < -0.4 is 4.90 Å². The Hall–Kier alpha value is -0.790. The predicted octanol–water partition coefficient (Wildman–Crippen LogP) is 1.45. The van der Waals surface area contributed by atoms with Gasteiger partial charge in [0.15, 0.2) is 9.84 Å². The third-order valence-corrected chi connectivity index (χ3v) is 6.74. The molecule has 1 aliphatic heterocycles. The van der Waals surface area contributed by atoms with Crippen LogP contribution in [-0.2, 0) is 9.84 Å². The summed E-state index contributed by atoms with van der Waals surface area (Å²) in [5, 5.41) is 9.12. The van der Waals surface area contributed by atoms with Crippen LogP contribution in [0.1, 0.15) is 25.5 Å². The van der Waals surface area contributed by atoms with Crippen LogP contribution in [-0.4, -0.2) is 47.7 Å². The van der Waals surface area contributed by atoms with Crippen LogP contribution in [0.2, 0.25) is 0 Å². The van der Waals surface area contributed by atoms with Gasteiger partial charge in [0, 0.05) is 30.0 Å². The summed E-state index contributed by atoms with van der Waals surface area (Å²) in [7, 11) is -3.15. The maximum absolute atomic E-state index is 12.2. The number of anilines is 1. The SMILES string of the molecule is CCS(=O)(=O)C1CSCCN1c1cc([C@H](C)O)ccn1. The van der Waals surface area contributed by atoms with Crippen molar-refractivity contribution in [2.75, 3.05) is 28.7 Å². The quantitative estimate of drug-likeness (QED) is 0.906. The number of aromatic nitrogens is 1. The largest absolute Gasteiger partial charge is 0.389 e. The zero-order valence-electron chi connectivity index (χ0n) is 11.7. The second-order valence-electron chi connectivity index (χ2n) is 4.80. The Morgan fingerprint density at radius 2 is 2.35 bits per heavy atom. The highest BCUT2D eigenvalue weighted by Crippen LogP contribution is 2.27. The van der Waals surface area contributed by atoms with Gasteiger partial charge in [0.2, 0.25) is 0 Å². The van der Waals surface area contributed by atoms with Gasteiger partial charge in [0.1, 0.15) is 11.2 Å². The third-order valence-electron chi connectivity index (χ3n) is 3.45. The number of thioether (sulfide) groups is 1. The lowest BCUT2D eigenvalue weighted by molar-refractivity contribution is 0.199. The average Bonchev–Trinajstić information content (AvgIpc) is 2.47. The maximum Gasteiger partial charge on any atom is 0.171 e. The van der Waals surface area contributed by atoms with E-state index in [-0.39, 0.29) is 5.75 Å². The van der Waals surface area contributed by atoms with Crippen molar-refractivity contribution >= 4 is 27.4 Å². The minimum atomic E-state index is -3.15. The van der Waals surface area contributed by atoms with Gasteiger partial charge in [0.25, 0.3) is 0 Å². The van der Waals surface area contributed by atoms with Crippen molar-refractivity contribution < 1.29 is 13.5 Å². The van der Waals surface area contributed by atoms with Crippen LogP contribution in [0.25, 0.3) is 0 Å². The van der Waals surface area contributed by atoms with Crippen molar-refractivity contribution in [3.05, 3.63) is 23.9 Å². The van der Waals surface area contributed by atoms with Gasteiger partial charge in [-0.2, -0.15) is 11.8 Å². The summed E-state index contributed by atoms with van der Waals surface area (Å²) in [4.78, 5) is 6.13. The van der Waals surface area contributed by atoms with Crippen LogP contribution in [0, 0.1) is 0 Å². The first kappa shape index (κ1) is 15.6. The number of hydrogen-bond acceptors (Lipinski definition) is 6. The normalized spacial score (nSPS) is 21.8. The number of nitrogens with zero attached hydrogens (tertiary/aromatic N) is 2. The molecule has 5 nitrogen and oxygen atoms in total. The van der Waals surface area contributed by atoms with Crippen LogP contribution in [0.15, 0.2) is 18.3 Å². The van der Waals surface area contributed by atoms with Gasteiger partial charge in [-0.25, -0.2) is 13.4 Å².